The molecule has 148 valence electrons. The minimum Gasteiger partial charge on any atom is -0.378 e. The van der Waals surface area contributed by atoms with Crippen LogP contribution in [0.5, 0.6) is 0 Å². The van der Waals surface area contributed by atoms with E-state index in [2.05, 4.69) is 21.2 Å². The minimum atomic E-state index is -0.431. The Bertz CT molecular complexity index is 1050. The molecule has 0 saturated heterocycles. The predicted molar refractivity (Wildman–Crippen MR) is 118 cm³/mol. The van der Waals surface area contributed by atoms with Crippen LogP contribution in [0.2, 0.25) is 0 Å². The van der Waals surface area contributed by atoms with Gasteiger partial charge >= 0.3 is 0 Å². The van der Waals surface area contributed by atoms with Crippen molar-refractivity contribution in [2.75, 3.05) is 5.32 Å². The van der Waals surface area contributed by atoms with Crippen LogP contribution in [0.3, 0.4) is 0 Å². The summed E-state index contributed by atoms with van der Waals surface area (Å²) in [5, 5.41) is 14.8. The van der Waals surface area contributed by atoms with E-state index in [0.29, 0.717) is 15.6 Å². The van der Waals surface area contributed by atoms with Crippen molar-refractivity contribution in [1.82, 2.24) is 0 Å². The summed E-state index contributed by atoms with van der Waals surface area (Å²) in [6, 6.07) is 19.6. The molecule has 0 bridgehead atoms. The second kappa shape index (κ2) is 9.01. The molecule has 6 heteroatoms. The number of halogens is 1. The Morgan fingerprint density at radius 3 is 2.41 bits per heavy atom. The van der Waals surface area contributed by atoms with Crippen LogP contribution in [-0.2, 0) is 0 Å². The van der Waals surface area contributed by atoms with Crippen LogP contribution >= 0.6 is 15.9 Å². The average molecular weight is 453 g/mol. The van der Waals surface area contributed by atoms with Gasteiger partial charge in [-0.05, 0) is 64.7 Å². The predicted octanol–water partition coefficient (Wildman–Crippen LogP) is 6.40. The van der Waals surface area contributed by atoms with Gasteiger partial charge in [0.2, 0.25) is 0 Å². The summed E-state index contributed by atoms with van der Waals surface area (Å²) >= 11 is 3.22. The fraction of sp³-hybridized carbons (Fsp3) is 0.174. The zero-order valence-corrected chi connectivity index (χ0v) is 17.8. The molecule has 0 amide bonds. The van der Waals surface area contributed by atoms with Gasteiger partial charge in [-0.3, -0.25) is 14.9 Å². The fourth-order valence-corrected chi connectivity index (χ4v) is 3.49. The van der Waals surface area contributed by atoms with E-state index in [0.717, 1.165) is 11.3 Å². The molecule has 0 aliphatic heterocycles. The summed E-state index contributed by atoms with van der Waals surface area (Å²) in [6.07, 6.45) is 0.176. The van der Waals surface area contributed by atoms with Crippen LogP contribution in [-0.4, -0.2) is 10.7 Å². The van der Waals surface area contributed by atoms with Gasteiger partial charge in [-0.15, -0.1) is 0 Å². The van der Waals surface area contributed by atoms with E-state index in [1.807, 2.05) is 50.2 Å². The molecule has 0 aliphatic rings. The molecule has 0 aliphatic carbocycles. The maximum absolute atomic E-state index is 12.8. The van der Waals surface area contributed by atoms with Gasteiger partial charge in [0.25, 0.3) is 5.69 Å². The Kier molecular flexibility index (Phi) is 6.44. The van der Waals surface area contributed by atoms with Crippen molar-refractivity contribution < 1.29 is 9.72 Å². The number of carbonyl (C=O) groups excluding carboxylic acids is 1. The quantitative estimate of drug-likeness (QED) is 0.255. The first-order valence-electron chi connectivity index (χ1n) is 9.21. The highest BCUT2D eigenvalue weighted by atomic mass is 79.9. The second-order valence-corrected chi connectivity index (χ2v) is 7.81. The molecule has 1 atom stereocenters. The number of nitrogens with zero attached hydrogens (tertiary/aromatic N) is 1. The smallest absolute Gasteiger partial charge is 0.283 e. The fourth-order valence-electron chi connectivity index (χ4n) is 3.10. The Balaban J connectivity index is 1.96. The van der Waals surface area contributed by atoms with Gasteiger partial charge in [0.15, 0.2) is 5.78 Å². The van der Waals surface area contributed by atoms with E-state index >= 15 is 0 Å². The van der Waals surface area contributed by atoms with Crippen LogP contribution in [0.25, 0.3) is 0 Å². The van der Waals surface area contributed by atoms with Gasteiger partial charge in [-0.1, -0.05) is 42.5 Å². The first kappa shape index (κ1) is 20.7. The Morgan fingerprint density at radius 2 is 1.76 bits per heavy atom. The number of rotatable bonds is 7. The number of Topliss-reactive ketones (excluding diaryl/α,β-unsaturated/α-hetero) is 1. The molecule has 0 aromatic heterocycles. The molecule has 3 aromatic rings. The highest BCUT2D eigenvalue weighted by Crippen LogP contribution is 2.32. The third-order valence-electron chi connectivity index (χ3n) is 4.90. The summed E-state index contributed by atoms with van der Waals surface area (Å²) in [5.74, 6) is -0.0301. The topological polar surface area (TPSA) is 72.2 Å². The molecule has 3 rings (SSSR count). The van der Waals surface area contributed by atoms with Gasteiger partial charge in [-0.25, -0.2) is 0 Å². The zero-order valence-electron chi connectivity index (χ0n) is 16.2. The van der Waals surface area contributed by atoms with Crippen LogP contribution in [0, 0.1) is 24.0 Å². The van der Waals surface area contributed by atoms with Crippen molar-refractivity contribution in [3.63, 3.8) is 0 Å². The minimum absolute atomic E-state index is 0.0263. The van der Waals surface area contributed by atoms with Crippen molar-refractivity contribution >= 4 is 33.1 Å². The number of nitrogens with one attached hydrogen (secondary N) is 1. The molecular formula is C23H21BrN2O3. The summed E-state index contributed by atoms with van der Waals surface area (Å²) in [5.41, 5.74) is 4.44. The first-order chi connectivity index (χ1) is 13.8. The lowest BCUT2D eigenvalue weighted by atomic mass is 9.97. The van der Waals surface area contributed by atoms with E-state index in [4.69, 9.17) is 0 Å². The molecule has 5 nitrogen and oxygen atoms in total. The van der Waals surface area contributed by atoms with E-state index in [1.165, 1.54) is 11.6 Å². The number of anilines is 1. The number of carbonyl (C=O) groups is 1. The number of aryl methyl sites for hydroxylation is 2. The molecular weight excluding hydrogens is 432 g/mol. The van der Waals surface area contributed by atoms with E-state index in [-0.39, 0.29) is 17.9 Å². The maximum Gasteiger partial charge on any atom is 0.283 e. The van der Waals surface area contributed by atoms with Crippen molar-refractivity contribution in [2.24, 2.45) is 0 Å². The third-order valence-corrected chi connectivity index (χ3v) is 5.57. The summed E-state index contributed by atoms with van der Waals surface area (Å²) in [7, 11) is 0. The average Bonchev–Trinajstić information content (AvgIpc) is 2.71. The number of nitro benzene ring substituents is 1. The normalized spacial score (nSPS) is 11.7. The molecule has 0 fully saturated rings. The van der Waals surface area contributed by atoms with Gasteiger partial charge in [-0.2, -0.15) is 0 Å². The number of ketones is 1. The Morgan fingerprint density at radius 1 is 1.03 bits per heavy atom. The molecule has 0 heterocycles. The largest absolute Gasteiger partial charge is 0.378 e. The standard InChI is InChI=1S/C23H21BrN2O3/c1-15-8-10-19(12-16(15)2)25-21(14-23(27)17-6-4-3-5-7-17)18-9-11-20(24)22(13-18)26(28)29/h3-13,21,25H,14H2,1-2H3. The monoisotopic (exact) mass is 452 g/mol. The molecule has 29 heavy (non-hydrogen) atoms. The Hall–Kier alpha value is -2.99. The molecule has 3 aromatic carbocycles. The van der Waals surface area contributed by atoms with Gasteiger partial charge < -0.3 is 5.32 Å². The van der Waals surface area contributed by atoms with Crippen LogP contribution < -0.4 is 5.32 Å². The van der Waals surface area contributed by atoms with Crippen LogP contribution in [0.4, 0.5) is 11.4 Å². The highest BCUT2D eigenvalue weighted by molar-refractivity contribution is 9.10. The van der Waals surface area contributed by atoms with Crippen molar-refractivity contribution in [3.05, 3.63) is 104 Å². The van der Waals surface area contributed by atoms with E-state index in [9.17, 15) is 14.9 Å². The SMILES string of the molecule is Cc1ccc(NC(CC(=O)c2ccccc2)c2ccc(Br)c([N+](=O)[O-])c2)cc1C. The molecule has 1 unspecified atom stereocenters. The number of nitro groups is 1. The van der Waals surface area contributed by atoms with Crippen LogP contribution in [0.1, 0.15) is 39.5 Å². The van der Waals surface area contributed by atoms with Crippen molar-refractivity contribution in [2.45, 2.75) is 26.3 Å². The second-order valence-electron chi connectivity index (χ2n) is 6.96. The summed E-state index contributed by atoms with van der Waals surface area (Å²) in [4.78, 5) is 23.8. The lowest BCUT2D eigenvalue weighted by molar-refractivity contribution is -0.385. The van der Waals surface area contributed by atoms with Crippen LogP contribution in [0.15, 0.2) is 71.2 Å². The number of hydrogen-bond acceptors (Lipinski definition) is 4. The lowest BCUT2D eigenvalue weighted by Crippen LogP contribution is -2.16. The van der Waals surface area contributed by atoms with E-state index < -0.39 is 11.0 Å². The zero-order chi connectivity index (χ0) is 21.0. The molecule has 0 spiro atoms. The summed E-state index contributed by atoms with van der Waals surface area (Å²) < 4.78 is 0.408. The van der Waals surface area contributed by atoms with Crippen molar-refractivity contribution in [1.29, 1.82) is 0 Å². The highest BCUT2D eigenvalue weighted by Gasteiger charge is 2.21. The number of hydrogen-bond donors (Lipinski definition) is 1. The summed E-state index contributed by atoms with van der Waals surface area (Å²) in [6.45, 7) is 4.06. The van der Waals surface area contributed by atoms with E-state index in [1.54, 1.807) is 24.3 Å². The molecule has 1 N–H and O–H groups in total. The number of benzene rings is 3. The maximum atomic E-state index is 12.8. The lowest BCUT2D eigenvalue weighted by Gasteiger charge is -2.21. The molecule has 0 saturated carbocycles. The van der Waals surface area contributed by atoms with Gasteiger partial charge in [0.1, 0.15) is 0 Å². The van der Waals surface area contributed by atoms with Gasteiger partial charge in [0, 0.05) is 23.7 Å². The van der Waals surface area contributed by atoms with Gasteiger partial charge in [0.05, 0.1) is 15.4 Å². The molecule has 0 radical (unpaired) electrons. The Labute approximate surface area is 178 Å². The first-order valence-corrected chi connectivity index (χ1v) is 10.0. The third kappa shape index (κ3) is 5.09. The van der Waals surface area contributed by atoms with Crippen molar-refractivity contribution in [3.8, 4) is 0 Å².